The second kappa shape index (κ2) is 7.96. The van der Waals surface area contributed by atoms with Gasteiger partial charge >= 0.3 is 6.18 Å². The summed E-state index contributed by atoms with van der Waals surface area (Å²) < 4.78 is 43.1. The third-order valence-electron chi connectivity index (χ3n) is 5.40. The molecule has 4 nitrogen and oxygen atoms in total. The third kappa shape index (κ3) is 4.57. The number of hydrogen-bond donors (Lipinski definition) is 0. The Morgan fingerprint density at radius 1 is 1.15 bits per heavy atom. The van der Waals surface area contributed by atoms with Crippen molar-refractivity contribution in [3.05, 3.63) is 35.4 Å². The summed E-state index contributed by atoms with van der Waals surface area (Å²) in [6, 6.07) is 5.24. The summed E-state index contributed by atoms with van der Waals surface area (Å²) in [5.41, 5.74) is -0.0638. The number of rotatable bonds is 5. The van der Waals surface area contributed by atoms with E-state index in [0.717, 1.165) is 44.6 Å². The first kappa shape index (κ1) is 19.2. The molecule has 0 aromatic heterocycles. The maximum Gasteiger partial charge on any atom is 0.416 e. The minimum Gasteiger partial charge on any atom is -0.383 e. The van der Waals surface area contributed by atoms with Crippen LogP contribution in [0.4, 0.5) is 13.2 Å². The maximum absolute atomic E-state index is 12.7. The quantitative estimate of drug-likeness (QED) is 0.799. The second-order valence-corrected chi connectivity index (χ2v) is 7.26. The fourth-order valence-electron chi connectivity index (χ4n) is 3.96. The van der Waals surface area contributed by atoms with Gasteiger partial charge in [0.1, 0.15) is 0 Å². The molecule has 3 saturated heterocycles. The fraction of sp³-hybridized carbons (Fsp3) is 0.632. The van der Waals surface area contributed by atoms with Crippen molar-refractivity contribution >= 4 is 5.91 Å². The first-order valence-corrected chi connectivity index (χ1v) is 9.03. The van der Waals surface area contributed by atoms with E-state index < -0.39 is 11.7 Å². The minimum absolute atomic E-state index is 0.00440. The number of carbonyl (C=O) groups excluding carboxylic acids is 1. The van der Waals surface area contributed by atoms with Crippen LogP contribution < -0.4 is 0 Å². The number of fused-ring (bicyclic) bond motifs is 4. The van der Waals surface area contributed by atoms with Crippen molar-refractivity contribution in [3.63, 3.8) is 0 Å². The van der Waals surface area contributed by atoms with Gasteiger partial charge < -0.3 is 9.64 Å². The van der Waals surface area contributed by atoms with Gasteiger partial charge in [-0.05, 0) is 36.5 Å². The van der Waals surface area contributed by atoms with Gasteiger partial charge in [-0.2, -0.15) is 13.2 Å². The minimum atomic E-state index is -4.35. The molecule has 3 heterocycles. The lowest BCUT2D eigenvalue weighted by Gasteiger charge is -2.35. The van der Waals surface area contributed by atoms with Gasteiger partial charge in [-0.1, -0.05) is 12.1 Å². The van der Waals surface area contributed by atoms with Crippen molar-refractivity contribution in [2.24, 2.45) is 5.92 Å². The van der Waals surface area contributed by atoms with Crippen LogP contribution in [-0.4, -0.2) is 61.6 Å². The lowest BCUT2D eigenvalue weighted by molar-refractivity contribution is -0.137. The molecule has 3 aliphatic heterocycles. The summed E-state index contributed by atoms with van der Waals surface area (Å²) in [6.45, 7) is 3.97. The molecule has 1 amide bonds. The van der Waals surface area contributed by atoms with Crippen molar-refractivity contribution in [2.75, 3.05) is 39.9 Å². The van der Waals surface area contributed by atoms with Crippen molar-refractivity contribution < 1.29 is 22.7 Å². The number of methoxy groups -OCH3 is 1. The predicted molar refractivity (Wildman–Crippen MR) is 91.7 cm³/mol. The SMILES string of the molecule is COCCN1C[C@H]2CC[C@@H]1CN(C(=O)Cc1ccc(C(F)(F)F)cc1)C2. The number of alkyl halides is 3. The van der Waals surface area contributed by atoms with E-state index in [1.54, 1.807) is 7.11 Å². The Morgan fingerprint density at radius 2 is 1.88 bits per heavy atom. The van der Waals surface area contributed by atoms with Crippen molar-refractivity contribution in [2.45, 2.75) is 31.5 Å². The lowest BCUT2D eigenvalue weighted by atomic mass is 9.95. The van der Waals surface area contributed by atoms with Gasteiger partial charge in [0, 0.05) is 39.3 Å². The van der Waals surface area contributed by atoms with Crippen molar-refractivity contribution in [1.82, 2.24) is 9.80 Å². The summed E-state index contributed by atoms with van der Waals surface area (Å²) in [7, 11) is 1.69. The average Bonchev–Trinajstić information content (AvgIpc) is 2.91. The highest BCUT2D eigenvalue weighted by atomic mass is 19.4. The second-order valence-electron chi connectivity index (χ2n) is 7.26. The molecule has 1 aromatic rings. The standard InChI is InChI=1S/C19H25F3N2O2/c1-26-9-8-23-11-15-4-7-17(23)13-24(12-15)18(25)10-14-2-5-16(6-3-14)19(20,21)22/h2-3,5-6,15,17H,4,7-13H2,1H3/t15-,17-/m1/s1. The van der Waals surface area contributed by atoms with Gasteiger partial charge in [-0.25, -0.2) is 0 Å². The molecule has 7 heteroatoms. The number of halogens is 3. The third-order valence-corrected chi connectivity index (χ3v) is 5.40. The highest BCUT2D eigenvalue weighted by molar-refractivity contribution is 5.79. The molecule has 0 saturated carbocycles. The zero-order chi connectivity index (χ0) is 18.7. The van der Waals surface area contributed by atoms with Crippen LogP contribution in [0.25, 0.3) is 0 Å². The number of hydrogen-bond acceptors (Lipinski definition) is 3. The van der Waals surface area contributed by atoms with E-state index in [1.165, 1.54) is 12.1 Å². The summed E-state index contributed by atoms with van der Waals surface area (Å²) in [4.78, 5) is 17.0. The van der Waals surface area contributed by atoms with E-state index in [4.69, 9.17) is 4.74 Å². The van der Waals surface area contributed by atoms with E-state index in [-0.39, 0.29) is 12.3 Å². The van der Waals surface area contributed by atoms with Crippen LogP contribution in [0.3, 0.4) is 0 Å². The number of amides is 1. The molecule has 1 aromatic carbocycles. The Balaban J connectivity index is 1.61. The van der Waals surface area contributed by atoms with Gasteiger partial charge in [0.2, 0.25) is 5.91 Å². The van der Waals surface area contributed by atoms with Crippen LogP contribution in [0, 0.1) is 5.92 Å². The van der Waals surface area contributed by atoms with Crippen LogP contribution >= 0.6 is 0 Å². The number of benzene rings is 1. The smallest absolute Gasteiger partial charge is 0.383 e. The van der Waals surface area contributed by atoms with Gasteiger partial charge in [0.15, 0.2) is 0 Å². The molecular formula is C19H25F3N2O2. The Morgan fingerprint density at radius 3 is 2.54 bits per heavy atom. The molecule has 3 aliphatic rings. The lowest BCUT2D eigenvalue weighted by Crippen LogP contribution is -2.45. The van der Waals surface area contributed by atoms with Gasteiger partial charge in [-0.15, -0.1) is 0 Å². The van der Waals surface area contributed by atoms with Crippen LogP contribution in [0.5, 0.6) is 0 Å². The number of nitrogens with zero attached hydrogens (tertiary/aromatic N) is 2. The molecule has 3 fully saturated rings. The van der Waals surface area contributed by atoms with E-state index in [2.05, 4.69) is 4.90 Å². The molecule has 0 N–H and O–H groups in total. The molecule has 144 valence electrons. The van der Waals surface area contributed by atoms with Crippen molar-refractivity contribution in [3.8, 4) is 0 Å². The summed E-state index contributed by atoms with van der Waals surface area (Å²) in [5.74, 6) is 0.456. The first-order chi connectivity index (χ1) is 12.4. The molecule has 2 bridgehead atoms. The summed E-state index contributed by atoms with van der Waals surface area (Å²) in [6.07, 6.45) is -2.00. The molecule has 0 radical (unpaired) electrons. The largest absolute Gasteiger partial charge is 0.416 e. The van der Waals surface area contributed by atoms with E-state index in [9.17, 15) is 18.0 Å². The Hall–Kier alpha value is -1.60. The number of ether oxygens (including phenoxy) is 1. The van der Waals surface area contributed by atoms with Gasteiger partial charge in [-0.3, -0.25) is 9.69 Å². The monoisotopic (exact) mass is 370 g/mol. The number of carbonyl (C=O) groups is 1. The van der Waals surface area contributed by atoms with Crippen LogP contribution in [-0.2, 0) is 22.1 Å². The molecule has 0 unspecified atom stereocenters. The van der Waals surface area contributed by atoms with Gasteiger partial charge in [0.05, 0.1) is 18.6 Å². The van der Waals surface area contributed by atoms with Crippen LogP contribution in [0.15, 0.2) is 24.3 Å². The van der Waals surface area contributed by atoms with E-state index in [1.807, 2.05) is 4.90 Å². The highest BCUT2D eigenvalue weighted by Gasteiger charge is 2.36. The average molecular weight is 370 g/mol. The number of piperidine rings is 1. The fourth-order valence-corrected chi connectivity index (χ4v) is 3.96. The zero-order valence-corrected chi connectivity index (χ0v) is 15.0. The Bertz CT molecular complexity index is 618. The molecule has 0 aliphatic carbocycles. The molecule has 0 spiro atoms. The maximum atomic E-state index is 12.7. The normalized spacial score (nSPS) is 23.9. The molecule has 2 atom stereocenters. The van der Waals surface area contributed by atoms with Gasteiger partial charge in [0.25, 0.3) is 0 Å². The Labute approximate surface area is 151 Å². The predicted octanol–water partition coefficient (Wildman–Crippen LogP) is 2.82. The van der Waals surface area contributed by atoms with E-state index in [0.29, 0.717) is 30.7 Å². The van der Waals surface area contributed by atoms with Crippen LogP contribution in [0.1, 0.15) is 24.0 Å². The zero-order valence-electron chi connectivity index (χ0n) is 15.0. The first-order valence-electron chi connectivity index (χ1n) is 9.03. The van der Waals surface area contributed by atoms with Crippen molar-refractivity contribution in [1.29, 1.82) is 0 Å². The summed E-state index contributed by atoms with van der Waals surface area (Å²) in [5, 5.41) is 0. The Kier molecular flexibility index (Phi) is 5.87. The topological polar surface area (TPSA) is 32.8 Å². The molecule has 4 rings (SSSR count). The van der Waals surface area contributed by atoms with E-state index >= 15 is 0 Å². The highest BCUT2D eigenvalue weighted by Crippen LogP contribution is 2.30. The molecular weight excluding hydrogens is 345 g/mol. The molecule has 26 heavy (non-hydrogen) atoms. The van der Waals surface area contributed by atoms with Crippen LogP contribution in [0.2, 0.25) is 0 Å². The summed E-state index contributed by atoms with van der Waals surface area (Å²) >= 11 is 0.